The zero-order chi connectivity index (χ0) is 17.6. The van der Waals surface area contributed by atoms with Crippen LogP contribution in [-0.4, -0.2) is 48.1 Å². The standard InChI is InChI=1S/C20H22N2O3/c1-13-11-17(23)16(12-22-9-7-21(2)8-10-22)19-18(13)14-5-3-4-6-15(14)20(24)25-19/h3-6,11,23H,7-10,12H2,1-2H3. The third-order valence-corrected chi connectivity index (χ3v) is 5.15. The van der Waals surface area contributed by atoms with Gasteiger partial charge in [-0.05, 0) is 31.7 Å². The summed E-state index contributed by atoms with van der Waals surface area (Å²) < 4.78 is 5.68. The van der Waals surface area contributed by atoms with E-state index in [2.05, 4.69) is 16.8 Å². The Hall–Kier alpha value is -2.37. The number of piperazine rings is 1. The van der Waals surface area contributed by atoms with Crippen LogP contribution in [0.5, 0.6) is 5.75 Å². The van der Waals surface area contributed by atoms with E-state index in [4.69, 9.17) is 4.42 Å². The van der Waals surface area contributed by atoms with E-state index in [1.807, 2.05) is 25.1 Å². The van der Waals surface area contributed by atoms with Gasteiger partial charge in [0.25, 0.3) is 0 Å². The molecule has 0 saturated carbocycles. The van der Waals surface area contributed by atoms with Crippen molar-refractivity contribution in [2.24, 2.45) is 0 Å². The minimum atomic E-state index is -0.354. The van der Waals surface area contributed by atoms with Gasteiger partial charge in [0, 0.05) is 43.5 Å². The van der Waals surface area contributed by atoms with E-state index in [1.54, 1.807) is 12.1 Å². The summed E-state index contributed by atoms with van der Waals surface area (Å²) in [5.74, 6) is 0.197. The van der Waals surface area contributed by atoms with E-state index in [9.17, 15) is 9.90 Å². The van der Waals surface area contributed by atoms with Gasteiger partial charge < -0.3 is 14.4 Å². The van der Waals surface area contributed by atoms with Gasteiger partial charge in [-0.3, -0.25) is 4.90 Å². The first kappa shape index (κ1) is 16.1. The Labute approximate surface area is 146 Å². The molecule has 0 spiro atoms. The van der Waals surface area contributed by atoms with Crippen LogP contribution in [0.25, 0.3) is 21.7 Å². The van der Waals surface area contributed by atoms with E-state index >= 15 is 0 Å². The van der Waals surface area contributed by atoms with Gasteiger partial charge >= 0.3 is 5.63 Å². The van der Waals surface area contributed by atoms with Crippen LogP contribution in [0.1, 0.15) is 11.1 Å². The second kappa shape index (κ2) is 6.17. The number of benzene rings is 2. The van der Waals surface area contributed by atoms with Crippen LogP contribution in [0.2, 0.25) is 0 Å². The number of nitrogens with zero attached hydrogens (tertiary/aromatic N) is 2. The molecule has 1 saturated heterocycles. The van der Waals surface area contributed by atoms with E-state index in [0.717, 1.165) is 42.5 Å². The molecule has 0 unspecified atom stereocenters. The van der Waals surface area contributed by atoms with Gasteiger partial charge in [0.05, 0.1) is 10.9 Å². The minimum Gasteiger partial charge on any atom is -0.507 e. The van der Waals surface area contributed by atoms with Gasteiger partial charge in [-0.25, -0.2) is 4.79 Å². The Balaban J connectivity index is 1.91. The monoisotopic (exact) mass is 338 g/mol. The maximum absolute atomic E-state index is 12.4. The van der Waals surface area contributed by atoms with Crippen LogP contribution < -0.4 is 5.63 Å². The summed E-state index contributed by atoms with van der Waals surface area (Å²) in [6.45, 7) is 6.38. The molecule has 0 bridgehead atoms. The molecule has 2 heterocycles. The van der Waals surface area contributed by atoms with Crippen LogP contribution in [0.15, 0.2) is 39.5 Å². The molecule has 1 aliphatic heterocycles. The number of rotatable bonds is 2. The third-order valence-electron chi connectivity index (χ3n) is 5.15. The van der Waals surface area contributed by atoms with Crippen molar-refractivity contribution >= 4 is 21.7 Å². The van der Waals surface area contributed by atoms with Crippen molar-refractivity contribution in [3.05, 3.63) is 51.9 Å². The Morgan fingerprint density at radius 3 is 2.52 bits per heavy atom. The lowest BCUT2D eigenvalue weighted by molar-refractivity contribution is 0.147. The zero-order valence-corrected chi connectivity index (χ0v) is 14.6. The molecule has 2 aromatic carbocycles. The summed E-state index contributed by atoms with van der Waals surface area (Å²) in [5, 5.41) is 12.9. The van der Waals surface area contributed by atoms with Crippen molar-refractivity contribution in [2.45, 2.75) is 13.5 Å². The van der Waals surface area contributed by atoms with E-state index in [0.29, 0.717) is 23.1 Å². The summed E-state index contributed by atoms with van der Waals surface area (Å²) in [6.07, 6.45) is 0. The Bertz CT molecular complexity index is 1000. The fourth-order valence-electron chi connectivity index (χ4n) is 3.67. The first-order chi connectivity index (χ1) is 12.0. The maximum atomic E-state index is 12.4. The Morgan fingerprint density at radius 1 is 1.12 bits per heavy atom. The fourth-order valence-corrected chi connectivity index (χ4v) is 3.67. The van der Waals surface area contributed by atoms with Crippen molar-refractivity contribution < 1.29 is 9.52 Å². The average Bonchev–Trinajstić information content (AvgIpc) is 2.60. The number of likely N-dealkylation sites (N-methyl/N-ethyl adjacent to an activating group) is 1. The number of aromatic hydroxyl groups is 1. The number of hydrogen-bond donors (Lipinski definition) is 1. The summed E-state index contributed by atoms with van der Waals surface area (Å²) in [4.78, 5) is 17.0. The highest BCUT2D eigenvalue weighted by Crippen LogP contribution is 2.34. The molecule has 5 nitrogen and oxygen atoms in total. The lowest BCUT2D eigenvalue weighted by atomic mass is 9.99. The van der Waals surface area contributed by atoms with Crippen LogP contribution in [0, 0.1) is 6.92 Å². The third kappa shape index (κ3) is 2.79. The molecular weight excluding hydrogens is 316 g/mol. The summed E-state index contributed by atoms with van der Waals surface area (Å²) in [6, 6.07) is 9.27. The van der Waals surface area contributed by atoms with Gasteiger partial charge in [0.2, 0.25) is 0 Å². The van der Waals surface area contributed by atoms with E-state index in [-0.39, 0.29) is 11.4 Å². The number of fused-ring (bicyclic) bond motifs is 3. The zero-order valence-electron chi connectivity index (χ0n) is 14.6. The molecule has 1 N–H and O–H groups in total. The molecule has 0 amide bonds. The second-order valence-electron chi connectivity index (χ2n) is 6.91. The van der Waals surface area contributed by atoms with Gasteiger partial charge in [-0.2, -0.15) is 0 Å². The Morgan fingerprint density at radius 2 is 1.80 bits per heavy atom. The van der Waals surface area contributed by atoms with E-state index < -0.39 is 0 Å². The summed E-state index contributed by atoms with van der Waals surface area (Å²) in [7, 11) is 2.11. The molecule has 5 heteroatoms. The van der Waals surface area contributed by atoms with Crippen molar-refractivity contribution in [1.82, 2.24) is 9.80 Å². The molecule has 1 aliphatic rings. The predicted molar refractivity (Wildman–Crippen MR) is 99.2 cm³/mol. The van der Waals surface area contributed by atoms with Crippen molar-refractivity contribution in [3.8, 4) is 5.75 Å². The number of phenols is 1. The smallest absolute Gasteiger partial charge is 0.344 e. The van der Waals surface area contributed by atoms with E-state index in [1.165, 1.54) is 0 Å². The largest absolute Gasteiger partial charge is 0.507 e. The SMILES string of the molecule is Cc1cc(O)c(CN2CCN(C)CC2)c2oc(=O)c3ccccc3c12. The Kier molecular flexibility index (Phi) is 3.98. The average molecular weight is 338 g/mol. The summed E-state index contributed by atoms with van der Waals surface area (Å²) >= 11 is 0. The number of hydrogen-bond acceptors (Lipinski definition) is 5. The molecule has 4 rings (SSSR count). The quantitative estimate of drug-likeness (QED) is 0.575. The predicted octanol–water partition coefficient (Wildman–Crippen LogP) is 2.71. The lowest BCUT2D eigenvalue weighted by Crippen LogP contribution is -2.43. The second-order valence-corrected chi connectivity index (χ2v) is 6.91. The molecule has 3 aromatic rings. The van der Waals surface area contributed by atoms with Gasteiger partial charge in [-0.15, -0.1) is 0 Å². The first-order valence-electron chi connectivity index (χ1n) is 8.62. The van der Waals surface area contributed by atoms with Crippen molar-refractivity contribution in [3.63, 3.8) is 0 Å². The van der Waals surface area contributed by atoms with Crippen LogP contribution >= 0.6 is 0 Å². The number of phenolic OH excluding ortho intramolecular Hbond substituents is 1. The molecule has 1 aromatic heterocycles. The summed E-state index contributed by atoms with van der Waals surface area (Å²) in [5.41, 5.74) is 1.77. The minimum absolute atomic E-state index is 0.197. The molecular formula is C20H22N2O3. The molecule has 25 heavy (non-hydrogen) atoms. The fraction of sp³-hybridized carbons (Fsp3) is 0.350. The van der Waals surface area contributed by atoms with Gasteiger partial charge in [0.1, 0.15) is 11.3 Å². The van der Waals surface area contributed by atoms with Gasteiger partial charge in [-0.1, -0.05) is 18.2 Å². The highest BCUT2D eigenvalue weighted by atomic mass is 16.4. The highest BCUT2D eigenvalue weighted by Gasteiger charge is 2.21. The molecule has 1 fully saturated rings. The normalized spacial score (nSPS) is 16.7. The number of aryl methyl sites for hydroxylation is 1. The molecule has 0 aliphatic carbocycles. The lowest BCUT2D eigenvalue weighted by Gasteiger charge is -2.32. The van der Waals surface area contributed by atoms with Crippen molar-refractivity contribution in [2.75, 3.05) is 33.2 Å². The van der Waals surface area contributed by atoms with Crippen LogP contribution in [-0.2, 0) is 6.54 Å². The van der Waals surface area contributed by atoms with Crippen molar-refractivity contribution in [1.29, 1.82) is 0 Å². The molecule has 0 atom stereocenters. The highest BCUT2D eigenvalue weighted by molar-refractivity contribution is 6.07. The van der Waals surface area contributed by atoms with Crippen LogP contribution in [0.4, 0.5) is 0 Å². The molecule has 130 valence electrons. The van der Waals surface area contributed by atoms with Gasteiger partial charge in [0.15, 0.2) is 0 Å². The maximum Gasteiger partial charge on any atom is 0.344 e. The molecule has 0 radical (unpaired) electrons. The van der Waals surface area contributed by atoms with Crippen LogP contribution in [0.3, 0.4) is 0 Å². The first-order valence-corrected chi connectivity index (χ1v) is 8.62. The topological polar surface area (TPSA) is 56.9 Å².